The second kappa shape index (κ2) is 7.53. The van der Waals surface area contributed by atoms with Crippen LogP contribution in [0, 0.1) is 0 Å². The average molecular weight is 288 g/mol. The van der Waals surface area contributed by atoms with E-state index in [0.29, 0.717) is 0 Å². The third kappa shape index (κ3) is 4.27. The van der Waals surface area contributed by atoms with E-state index in [9.17, 15) is 0 Å². The molecule has 0 fully saturated rings. The first-order chi connectivity index (χ1) is 10.9. The molecule has 0 spiro atoms. The summed E-state index contributed by atoms with van der Waals surface area (Å²) >= 11 is 0. The molecule has 2 nitrogen and oxygen atoms in total. The minimum atomic E-state index is 0.900. The zero-order valence-corrected chi connectivity index (χ0v) is 12.6. The van der Waals surface area contributed by atoms with E-state index in [2.05, 4.69) is 76.6 Å². The lowest BCUT2D eigenvalue weighted by atomic mass is 10.1. The fraction of sp³-hybridized carbons (Fsp3) is 0.150. The Hall–Kier alpha value is -2.45. The van der Waals surface area contributed by atoms with Crippen LogP contribution in [0.3, 0.4) is 0 Å². The highest BCUT2D eigenvalue weighted by molar-refractivity contribution is 5.18. The minimum Gasteiger partial charge on any atom is -0.291 e. The van der Waals surface area contributed by atoms with Crippen LogP contribution in [0.15, 0.2) is 85.2 Å². The minimum absolute atomic E-state index is 0.900. The van der Waals surface area contributed by atoms with Gasteiger partial charge in [-0.1, -0.05) is 66.7 Å². The summed E-state index contributed by atoms with van der Waals surface area (Å²) in [5.41, 5.74) is 3.92. The van der Waals surface area contributed by atoms with E-state index < -0.39 is 0 Å². The molecule has 0 bridgehead atoms. The van der Waals surface area contributed by atoms with Gasteiger partial charge in [0.25, 0.3) is 0 Å². The SMILES string of the molecule is c1ccc(CN(Cc2ccccc2)Cc2cccnc2)cc1. The average Bonchev–Trinajstić information content (AvgIpc) is 2.57. The smallest absolute Gasteiger partial charge is 0.0312 e. The van der Waals surface area contributed by atoms with Gasteiger partial charge in [0.1, 0.15) is 0 Å². The molecule has 3 aromatic rings. The summed E-state index contributed by atoms with van der Waals surface area (Å²) in [6, 6.07) is 25.4. The Morgan fingerprint density at radius 1 is 0.591 bits per heavy atom. The Kier molecular flexibility index (Phi) is 4.96. The molecule has 0 unspecified atom stereocenters. The predicted octanol–water partition coefficient (Wildman–Crippen LogP) is 4.28. The van der Waals surface area contributed by atoms with Crippen molar-refractivity contribution >= 4 is 0 Å². The first kappa shape index (κ1) is 14.5. The van der Waals surface area contributed by atoms with Gasteiger partial charge in [0, 0.05) is 32.0 Å². The van der Waals surface area contributed by atoms with Crippen LogP contribution in [-0.2, 0) is 19.6 Å². The van der Waals surface area contributed by atoms with Crippen molar-refractivity contribution in [1.29, 1.82) is 0 Å². The molecule has 22 heavy (non-hydrogen) atoms. The molecule has 0 saturated heterocycles. The predicted molar refractivity (Wildman–Crippen MR) is 90.1 cm³/mol. The van der Waals surface area contributed by atoms with Crippen molar-refractivity contribution in [3.63, 3.8) is 0 Å². The van der Waals surface area contributed by atoms with Gasteiger partial charge in [-0.2, -0.15) is 0 Å². The molecule has 0 atom stereocenters. The highest BCUT2D eigenvalue weighted by atomic mass is 15.1. The van der Waals surface area contributed by atoms with E-state index in [4.69, 9.17) is 0 Å². The number of rotatable bonds is 6. The molecule has 110 valence electrons. The van der Waals surface area contributed by atoms with Crippen molar-refractivity contribution in [2.75, 3.05) is 0 Å². The van der Waals surface area contributed by atoms with E-state index in [-0.39, 0.29) is 0 Å². The fourth-order valence-corrected chi connectivity index (χ4v) is 2.60. The topological polar surface area (TPSA) is 16.1 Å². The van der Waals surface area contributed by atoms with E-state index >= 15 is 0 Å². The molecule has 0 saturated carbocycles. The van der Waals surface area contributed by atoms with Crippen LogP contribution in [0.4, 0.5) is 0 Å². The van der Waals surface area contributed by atoms with Gasteiger partial charge in [0.2, 0.25) is 0 Å². The van der Waals surface area contributed by atoms with Crippen molar-refractivity contribution in [1.82, 2.24) is 9.88 Å². The lowest BCUT2D eigenvalue weighted by molar-refractivity contribution is 0.247. The molecule has 0 amide bonds. The van der Waals surface area contributed by atoms with Gasteiger partial charge in [-0.15, -0.1) is 0 Å². The Morgan fingerprint density at radius 3 is 1.59 bits per heavy atom. The van der Waals surface area contributed by atoms with Gasteiger partial charge in [0.05, 0.1) is 0 Å². The number of nitrogens with zero attached hydrogens (tertiary/aromatic N) is 2. The number of aromatic nitrogens is 1. The molecule has 1 heterocycles. The van der Waals surface area contributed by atoms with Crippen LogP contribution < -0.4 is 0 Å². The number of benzene rings is 2. The molecule has 1 aromatic heterocycles. The zero-order chi connectivity index (χ0) is 15.0. The quantitative estimate of drug-likeness (QED) is 0.673. The highest BCUT2D eigenvalue weighted by Crippen LogP contribution is 2.13. The number of hydrogen-bond acceptors (Lipinski definition) is 2. The summed E-state index contributed by atoms with van der Waals surface area (Å²) < 4.78 is 0. The maximum absolute atomic E-state index is 4.23. The second-order valence-electron chi connectivity index (χ2n) is 5.48. The van der Waals surface area contributed by atoms with Gasteiger partial charge in [0.15, 0.2) is 0 Å². The van der Waals surface area contributed by atoms with Gasteiger partial charge in [-0.05, 0) is 22.8 Å². The van der Waals surface area contributed by atoms with Crippen LogP contribution in [-0.4, -0.2) is 9.88 Å². The van der Waals surface area contributed by atoms with Gasteiger partial charge >= 0.3 is 0 Å². The van der Waals surface area contributed by atoms with Crippen molar-refractivity contribution in [2.24, 2.45) is 0 Å². The fourth-order valence-electron chi connectivity index (χ4n) is 2.60. The van der Waals surface area contributed by atoms with Crippen molar-refractivity contribution in [3.05, 3.63) is 102 Å². The van der Waals surface area contributed by atoms with Gasteiger partial charge < -0.3 is 0 Å². The molecule has 0 aliphatic heterocycles. The van der Waals surface area contributed by atoms with Crippen molar-refractivity contribution in [3.8, 4) is 0 Å². The number of pyridine rings is 1. The molecular weight excluding hydrogens is 268 g/mol. The van der Waals surface area contributed by atoms with Crippen molar-refractivity contribution in [2.45, 2.75) is 19.6 Å². The lowest BCUT2D eigenvalue weighted by Gasteiger charge is -2.22. The Balaban J connectivity index is 1.75. The van der Waals surface area contributed by atoms with Gasteiger partial charge in [-0.25, -0.2) is 0 Å². The van der Waals surface area contributed by atoms with E-state index in [1.165, 1.54) is 16.7 Å². The molecule has 2 aromatic carbocycles. The largest absolute Gasteiger partial charge is 0.291 e. The molecule has 2 heteroatoms. The second-order valence-corrected chi connectivity index (χ2v) is 5.48. The van der Waals surface area contributed by atoms with Crippen LogP contribution in [0.1, 0.15) is 16.7 Å². The molecular formula is C20H20N2. The maximum Gasteiger partial charge on any atom is 0.0312 e. The lowest BCUT2D eigenvalue weighted by Crippen LogP contribution is -2.22. The van der Waals surface area contributed by atoms with Crippen LogP contribution >= 0.6 is 0 Å². The summed E-state index contributed by atoms with van der Waals surface area (Å²) in [4.78, 5) is 6.67. The first-order valence-electron chi connectivity index (χ1n) is 7.59. The Bertz CT molecular complexity index is 567. The van der Waals surface area contributed by atoms with Gasteiger partial charge in [-0.3, -0.25) is 9.88 Å². The highest BCUT2D eigenvalue weighted by Gasteiger charge is 2.08. The molecule has 3 rings (SSSR count). The van der Waals surface area contributed by atoms with Crippen LogP contribution in [0.25, 0.3) is 0 Å². The van der Waals surface area contributed by atoms with Crippen LogP contribution in [0.2, 0.25) is 0 Å². The maximum atomic E-state index is 4.23. The molecule has 0 radical (unpaired) electrons. The van der Waals surface area contributed by atoms with Crippen molar-refractivity contribution < 1.29 is 0 Å². The molecule has 0 aliphatic rings. The summed E-state index contributed by atoms with van der Waals surface area (Å²) in [6.45, 7) is 2.77. The summed E-state index contributed by atoms with van der Waals surface area (Å²) in [6.07, 6.45) is 3.77. The van der Waals surface area contributed by atoms with E-state index in [0.717, 1.165) is 19.6 Å². The normalized spacial score (nSPS) is 10.8. The number of hydrogen-bond donors (Lipinski definition) is 0. The third-order valence-corrected chi connectivity index (χ3v) is 3.63. The first-order valence-corrected chi connectivity index (χ1v) is 7.59. The summed E-state index contributed by atoms with van der Waals surface area (Å²) in [5, 5.41) is 0. The summed E-state index contributed by atoms with van der Waals surface area (Å²) in [5.74, 6) is 0. The standard InChI is InChI=1S/C20H20N2/c1-3-8-18(9-4-1)15-22(16-19-10-5-2-6-11-19)17-20-12-7-13-21-14-20/h1-14H,15-17H2. The third-order valence-electron chi connectivity index (χ3n) is 3.63. The zero-order valence-electron chi connectivity index (χ0n) is 12.6. The summed E-state index contributed by atoms with van der Waals surface area (Å²) in [7, 11) is 0. The Morgan fingerprint density at radius 2 is 1.09 bits per heavy atom. The van der Waals surface area contributed by atoms with E-state index in [1.54, 1.807) is 0 Å². The van der Waals surface area contributed by atoms with Crippen LogP contribution in [0.5, 0.6) is 0 Å². The van der Waals surface area contributed by atoms with E-state index in [1.807, 2.05) is 18.5 Å². The monoisotopic (exact) mass is 288 g/mol. The Labute approximate surface area is 132 Å². The molecule has 0 aliphatic carbocycles. The molecule has 0 N–H and O–H groups in total.